The summed E-state index contributed by atoms with van der Waals surface area (Å²) in [6.45, 7) is 3.42. The molecule has 40 heavy (non-hydrogen) atoms. The third kappa shape index (κ3) is 3.38. The molecule has 5 heterocycles. The van der Waals surface area contributed by atoms with Gasteiger partial charge in [-0.1, -0.05) is 18.2 Å². The van der Waals surface area contributed by atoms with Crippen LogP contribution in [0.1, 0.15) is 57.6 Å². The predicted octanol–water partition coefficient (Wildman–Crippen LogP) is 4.89. The lowest BCUT2D eigenvalue weighted by atomic mass is 9.77. The Hall–Kier alpha value is -3.89. The second kappa shape index (κ2) is 8.55. The molecule has 1 aliphatic heterocycles. The Balaban J connectivity index is 1.24. The molecule has 2 fully saturated rings. The van der Waals surface area contributed by atoms with Gasteiger partial charge in [0, 0.05) is 30.6 Å². The second-order valence-electron chi connectivity index (χ2n) is 11.4. The van der Waals surface area contributed by atoms with Crippen LogP contribution < -0.4 is 5.32 Å². The SMILES string of the molecule is [2H]C([2H])([2H])OC1CC2C(C1)C2C1(c2nnc(C)o2)N[C@@H](c2ncc(-c3ccc(F)c(C)n3)[nH]2)Cc2c1[nH]c1ccccc21. The third-order valence-corrected chi connectivity index (χ3v) is 9.17. The van der Waals surface area contributed by atoms with E-state index in [1.165, 1.54) is 6.07 Å². The first-order valence-electron chi connectivity index (χ1n) is 15.2. The van der Waals surface area contributed by atoms with Crippen LogP contribution in [0, 0.1) is 37.4 Å². The number of rotatable bonds is 5. The molecule has 4 atom stereocenters. The highest BCUT2D eigenvalue weighted by Gasteiger charge is 2.69. The van der Waals surface area contributed by atoms with Crippen molar-refractivity contribution in [3.05, 3.63) is 83.0 Å². The van der Waals surface area contributed by atoms with Gasteiger partial charge in [0.25, 0.3) is 0 Å². The Morgan fingerprint density at radius 3 is 2.73 bits per heavy atom. The second-order valence-corrected chi connectivity index (χ2v) is 11.4. The molecule has 10 heteroatoms. The van der Waals surface area contributed by atoms with E-state index in [0.717, 1.165) is 22.2 Å². The van der Waals surface area contributed by atoms with Gasteiger partial charge in [0.1, 0.15) is 17.2 Å². The number of nitrogens with one attached hydrogen (secondary N) is 3. The molecule has 3 unspecified atom stereocenters. The van der Waals surface area contributed by atoms with Crippen LogP contribution >= 0.6 is 0 Å². The third-order valence-electron chi connectivity index (χ3n) is 9.17. The zero-order valence-electron chi connectivity index (χ0n) is 25.0. The zero-order valence-corrected chi connectivity index (χ0v) is 22.0. The first kappa shape index (κ1) is 20.9. The van der Waals surface area contributed by atoms with Gasteiger partial charge in [-0.05, 0) is 67.7 Å². The van der Waals surface area contributed by atoms with Crippen LogP contribution in [0.15, 0.2) is 47.0 Å². The van der Waals surface area contributed by atoms with Crippen molar-refractivity contribution in [2.75, 3.05) is 7.04 Å². The fourth-order valence-electron chi connectivity index (χ4n) is 7.41. The molecule has 0 radical (unpaired) electrons. The summed E-state index contributed by atoms with van der Waals surface area (Å²) in [5.41, 5.74) is 3.90. The first-order valence-corrected chi connectivity index (χ1v) is 13.7. The van der Waals surface area contributed by atoms with E-state index in [1.807, 2.05) is 12.1 Å². The average molecular weight is 543 g/mol. The van der Waals surface area contributed by atoms with Crippen molar-refractivity contribution in [1.29, 1.82) is 0 Å². The van der Waals surface area contributed by atoms with Gasteiger partial charge in [-0.3, -0.25) is 5.32 Å². The van der Waals surface area contributed by atoms with E-state index < -0.39 is 12.6 Å². The number of halogens is 1. The quantitative estimate of drug-likeness (QED) is 0.289. The van der Waals surface area contributed by atoms with E-state index in [9.17, 15) is 4.39 Å². The van der Waals surface area contributed by atoms with Crippen molar-refractivity contribution < 1.29 is 17.7 Å². The lowest BCUT2D eigenvalue weighted by Gasteiger charge is -2.41. The Morgan fingerprint density at radius 2 is 1.95 bits per heavy atom. The molecular weight excluding hydrogens is 509 g/mol. The number of hydrogen-bond acceptors (Lipinski definition) is 7. The largest absolute Gasteiger partial charge is 0.423 e. The fraction of sp³-hybridized carbons (Fsp3) is 0.400. The number of imidazole rings is 1. The zero-order chi connectivity index (χ0) is 29.7. The average Bonchev–Trinajstić information content (AvgIpc) is 3.52. The Labute approximate surface area is 234 Å². The summed E-state index contributed by atoms with van der Waals surface area (Å²) in [5.74, 6) is 1.78. The predicted molar refractivity (Wildman–Crippen MR) is 145 cm³/mol. The highest BCUT2D eigenvalue weighted by molar-refractivity contribution is 5.86. The van der Waals surface area contributed by atoms with E-state index in [-0.39, 0.29) is 35.7 Å². The van der Waals surface area contributed by atoms with Gasteiger partial charge in [0.05, 0.1) is 39.5 Å². The fourth-order valence-corrected chi connectivity index (χ4v) is 7.41. The van der Waals surface area contributed by atoms with Crippen molar-refractivity contribution in [2.24, 2.45) is 17.8 Å². The van der Waals surface area contributed by atoms with Crippen LogP contribution in [0.2, 0.25) is 0 Å². The number of methoxy groups -OCH3 is 1. The molecule has 2 aliphatic carbocycles. The van der Waals surface area contributed by atoms with E-state index >= 15 is 0 Å². The van der Waals surface area contributed by atoms with Gasteiger partial charge in [-0.25, -0.2) is 14.4 Å². The van der Waals surface area contributed by atoms with Crippen LogP contribution in [0.4, 0.5) is 4.39 Å². The van der Waals surface area contributed by atoms with E-state index in [1.54, 1.807) is 26.1 Å². The number of ether oxygens (including phenoxy) is 1. The van der Waals surface area contributed by atoms with Gasteiger partial charge in [-0.2, -0.15) is 0 Å². The normalized spacial score (nSPS) is 30.5. The topological polar surface area (TPSA) is 118 Å². The van der Waals surface area contributed by atoms with Gasteiger partial charge < -0.3 is 19.1 Å². The summed E-state index contributed by atoms with van der Waals surface area (Å²) in [4.78, 5) is 16.3. The molecule has 3 aliphatic rings. The van der Waals surface area contributed by atoms with Gasteiger partial charge in [-0.15, -0.1) is 10.2 Å². The molecule has 0 spiro atoms. The smallest absolute Gasteiger partial charge is 0.242 e. The molecule has 0 bridgehead atoms. The molecule has 9 nitrogen and oxygen atoms in total. The molecule has 204 valence electrons. The molecular formula is C30H30FN7O2. The molecule has 0 saturated heterocycles. The standard InChI is InChI=1S/C30H30FN7O2/c1-14-21(31)8-9-23(33-14)25-13-32-28(35-25)24-12-20-17-6-4-5-7-22(17)34-27(20)30(36-24,29-38-37-15(2)40-29)26-18-10-16(39-3)11-19(18)26/h4-9,13,16,18-19,24,26,34,36H,10-12H2,1-3H3,(H,32,35)/t16?,18?,19?,24-,26?,30?/m1/s1/i3D3. The monoisotopic (exact) mass is 542 g/mol. The number of aromatic amines is 2. The number of fused-ring (bicyclic) bond motifs is 4. The minimum atomic E-state index is -2.42. The van der Waals surface area contributed by atoms with Gasteiger partial charge in [0.2, 0.25) is 11.8 Å². The van der Waals surface area contributed by atoms with E-state index in [4.69, 9.17) is 18.3 Å². The molecule has 1 aromatic carbocycles. The maximum atomic E-state index is 13.9. The van der Waals surface area contributed by atoms with Crippen LogP contribution in [-0.4, -0.2) is 43.3 Å². The van der Waals surface area contributed by atoms with Crippen molar-refractivity contribution >= 4 is 10.9 Å². The highest BCUT2D eigenvalue weighted by Crippen LogP contribution is 2.67. The Bertz CT molecular complexity index is 1850. The minimum Gasteiger partial charge on any atom is -0.423 e. The summed E-state index contributed by atoms with van der Waals surface area (Å²) in [7, 11) is -2.42. The van der Waals surface area contributed by atoms with Crippen LogP contribution in [0.3, 0.4) is 0 Å². The number of H-pyrrole nitrogens is 2. The van der Waals surface area contributed by atoms with Crippen LogP contribution in [0.5, 0.6) is 0 Å². The number of benzene rings is 1. The molecule has 4 aromatic heterocycles. The number of para-hydroxylation sites is 1. The molecule has 2 saturated carbocycles. The van der Waals surface area contributed by atoms with Crippen molar-refractivity contribution in [1.82, 2.24) is 35.5 Å². The summed E-state index contributed by atoms with van der Waals surface area (Å²) < 4.78 is 48.4. The van der Waals surface area contributed by atoms with Crippen molar-refractivity contribution in [3.63, 3.8) is 0 Å². The maximum absolute atomic E-state index is 13.9. The minimum absolute atomic E-state index is 0.0641. The van der Waals surface area contributed by atoms with Crippen molar-refractivity contribution in [2.45, 2.75) is 50.8 Å². The number of aromatic nitrogens is 6. The lowest BCUT2D eigenvalue weighted by molar-refractivity contribution is 0.0822. The first-order chi connectivity index (χ1) is 20.6. The summed E-state index contributed by atoms with van der Waals surface area (Å²) in [5, 5.41) is 13.8. The van der Waals surface area contributed by atoms with Gasteiger partial charge >= 0.3 is 0 Å². The summed E-state index contributed by atoms with van der Waals surface area (Å²) >= 11 is 0. The summed E-state index contributed by atoms with van der Waals surface area (Å²) in [6, 6.07) is 11.0. The molecule has 0 amide bonds. The molecule has 8 rings (SSSR count). The van der Waals surface area contributed by atoms with E-state index in [2.05, 4.69) is 42.6 Å². The summed E-state index contributed by atoms with van der Waals surface area (Å²) in [6.07, 6.45) is 3.34. The molecule has 5 aromatic rings. The number of nitrogens with zero attached hydrogens (tertiary/aromatic N) is 4. The number of aryl methyl sites for hydroxylation is 2. The Morgan fingerprint density at radius 1 is 1.10 bits per heavy atom. The van der Waals surface area contributed by atoms with Crippen LogP contribution in [-0.2, 0) is 16.7 Å². The van der Waals surface area contributed by atoms with E-state index in [0.29, 0.717) is 54.0 Å². The van der Waals surface area contributed by atoms with Crippen LogP contribution in [0.25, 0.3) is 22.3 Å². The highest BCUT2D eigenvalue weighted by atomic mass is 19.1. The number of pyridine rings is 1. The Kier molecular flexibility index (Phi) is 4.48. The van der Waals surface area contributed by atoms with Crippen molar-refractivity contribution in [3.8, 4) is 11.4 Å². The lowest BCUT2D eigenvalue weighted by Crippen LogP contribution is -2.53. The maximum Gasteiger partial charge on any atom is 0.242 e. The number of hydrogen-bond donors (Lipinski definition) is 3. The molecule has 3 N–H and O–H groups in total. The van der Waals surface area contributed by atoms with Gasteiger partial charge in [0.15, 0.2) is 0 Å².